The van der Waals surface area contributed by atoms with Crippen LogP contribution in [0.1, 0.15) is 24.8 Å². The topological polar surface area (TPSA) is 63.2 Å². The molecular formula is C21H23Cl2N3O3. The van der Waals surface area contributed by atoms with Crippen molar-refractivity contribution in [2.75, 3.05) is 26.1 Å². The highest BCUT2D eigenvalue weighted by Crippen LogP contribution is 2.30. The number of carbonyl (C=O) groups excluding carboxylic acids is 1. The standard InChI is InChI=1S/C21H23Cl2N3O3/c1-28-19-10-9-14(12-20(19)29-2)25-21(27)18-8-3-4-11-26(18)24-13-15-16(22)6-5-7-17(15)23/h5-7,9-10,12-13,18H,3-4,8,11H2,1-2H3,(H,25,27)/b24-13+. The highest BCUT2D eigenvalue weighted by atomic mass is 35.5. The molecule has 0 spiro atoms. The smallest absolute Gasteiger partial charge is 0.248 e. The van der Waals surface area contributed by atoms with Gasteiger partial charge in [0.15, 0.2) is 11.5 Å². The van der Waals surface area contributed by atoms with E-state index in [1.165, 1.54) is 0 Å². The zero-order valence-electron chi connectivity index (χ0n) is 16.3. The average Bonchev–Trinajstić information content (AvgIpc) is 2.73. The van der Waals surface area contributed by atoms with Crippen LogP contribution >= 0.6 is 23.2 Å². The zero-order valence-corrected chi connectivity index (χ0v) is 17.8. The van der Waals surface area contributed by atoms with E-state index in [4.69, 9.17) is 32.7 Å². The van der Waals surface area contributed by atoms with Crippen molar-refractivity contribution in [2.45, 2.75) is 25.3 Å². The number of benzene rings is 2. The lowest BCUT2D eigenvalue weighted by Gasteiger charge is -2.32. The Morgan fingerprint density at radius 3 is 2.55 bits per heavy atom. The number of ether oxygens (including phenoxy) is 2. The molecule has 2 aromatic rings. The Bertz CT molecular complexity index is 884. The Morgan fingerprint density at radius 1 is 1.14 bits per heavy atom. The van der Waals surface area contributed by atoms with Crippen LogP contribution in [0.15, 0.2) is 41.5 Å². The fraction of sp³-hybridized carbons (Fsp3) is 0.333. The van der Waals surface area contributed by atoms with E-state index in [9.17, 15) is 4.79 Å². The molecule has 3 rings (SSSR count). The summed E-state index contributed by atoms with van der Waals surface area (Å²) in [6, 6.07) is 10.2. The Labute approximate surface area is 180 Å². The van der Waals surface area contributed by atoms with Crippen molar-refractivity contribution in [3.8, 4) is 11.5 Å². The number of anilines is 1. The largest absolute Gasteiger partial charge is 0.493 e. The number of hydrogen-bond donors (Lipinski definition) is 1. The monoisotopic (exact) mass is 435 g/mol. The number of nitrogens with zero attached hydrogens (tertiary/aromatic N) is 2. The number of hydrogen-bond acceptors (Lipinski definition) is 5. The summed E-state index contributed by atoms with van der Waals surface area (Å²) in [5, 5.41) is 10.3. The van der Waals surface area contributed by atoms with Gasteiger partial charge in [0.25, 0.3) is 0 Å². The third-order valence-corrected chi connectivity index (χ3v) is 5.42. The minimum Gasteiger partial charge on any atom is -0.493 e. The maximum Gasteiger partial charge on any atom is 0.248 e. The van der Waals surface area contributed by atoms with Crippen molar-refractivity contribution < 1.29 is 14.3 Å². The van der Waals surface area contributed by atoms with Crippen molar-refractivity contribution in [3.63, 3.8) is 0 Å². The van der Waals surface area contributed by atoms with Crippen LogP contribution in [-0.4, -0.2) is 43.9 Å². The number of nitrogens with one attached hydrogen (secondary N) is 1. The molecule has 154 valence electrons. The Balaban J connectivity index is 1.75. The van der Waals surface area contributed by atoms with Gasteiger partial charge in [-0.3, -0.25) is 9.80 Å². The van der Waals surface area contributed by atoms with Crippen LogP contribution in [0.25, 0.3) is 0 Å². The molecule has 6 nitrogen and oxygen atoms in total. The molecule has 1 unspecified atom stereocenters. The molecule has 1 heterocycles. The molecule has 0 saturated carbocycles. The van der Waals surface area contributed by atoms with Gasteiger partial charge < -0.3 is 14.8 Å². The summed E-state index contributed by atoms with van der Waals surface area (Å²) in [6.45, 7) is 0.683. The van der Waals surface area contributed by atoms with Crippen molar-refractivity contribution in [3.05, 3.63) is 52.0 Å². The molecule has 1 aliphatic rings. The molecule has 0 radical (unpaired) electrons. The maximum atomic E-state index is 12.9. The first-order valence-electron chi connectivity index (χ1n) is 9.31. The maximum absolute atomic E-state index is 12.9. The molecule has 1 amide bonds. The molecule has 29 heavy (non-hydrogen) atoms. The summed E-state index contributed by atoms with van der Waals surface area (Å²) in [4.78, 5) is 12.9. The van der Waals surface area contributed by atoms with E-state index in [2.05, 4.69) is 10.4 Å². The SMILES string of the molecule is COc1ccc(NC(=O)C2CCCCN2/N=C/c2c(Cl)cccc2Cl)cc1OC. The molecule has 0 aromatic heterocycles. The minimum atomic E-state index is -0.380. The zero-order chi connectivity index (χ0) is 20.8. The number of halogens is 2. The number of rotatable bonds is 6. The quantitative estimate of drug-likeness (QED) is 0.659. The van der Waals surface area contributed by atoms with Crippen LogP contribution in [0.4, 0.5) is 5.69 Å². The van der Waals surface area contributed by atoms with Crippen LogP contribution in [0, 0.1) is 0 Å². The van der Waals surface area contributed by atoms with Crippen LogP contribution in [0.2, 0.25) is 10.0 Å². The number of carbonyl (C=O) groups is 1. The predicted octanol–water partition coefficient (Wildman–Crippen LogP) is 4.84. The van der Waals surface area contributed by atoms with Gasteiger partial charge in [-0.25, -0.2) is 0 Å². The summed E-state index contributed by atoms with van der Waals surface area (Å²) < 4.78 is 10.5. The number of hydrazone groups is 1. The molecule has 0 bridgehead atoms. The van der Waals surface area contributed by atoms with E-state index < -0.39 is 0 Å². The molecule has 1 N–H and O–H groups in total. The van der Waals surface area contributed by atoms with Gasteiger partial charge in [0, 0.05) is 23.9 Å². The second kappa shape index (κ2) is 9.85. The first-order valence-corrected chi connectivity index (χ1v) is 10.1. The average molecular weight is 436 g/mol. The molecule has 8 heteroatoms. The van der Waals surface area contributed by atoms with Gasteiger partial charge >= 0.3 is 0 Å². The third kappa shape index (κ3) is 5.14. The van der Waals surface area contributed by atoms with E-state index in [1.54, 1.807) is 61.8 Å². The lowest BCUT2D eigenvalue weighted by atomic mass is 10.0. The molecule has 1 fully saturated rings. The van der Waals surface area contributed by atoms with Crippen LogP contribution < -0.4 is 14.8 Å². The minimum absolute atomic E-state index is 0.126. The molecule has 2 aromatic carbocycles. The van der Waals surface area contributed by atoms with Crippen molar-refractivity contribution in [2.24, 2.45) is 5.10 Å². The molecule has 1 atom stereocenters. The summed E-state index contributed by atoms with van der Waals surface area (Å²) in [5.74, 6) is 1.03. The summed E-state index contributed by atoms with van der Waals surface area (Å²) >= 11 is 12.4. The number of amides is 1. The predicted molar refractivity (Wildman–Crippen MR) is 117 cm³/mol. The lowest BCUT2D eigenvalue weighted by Crippen LogP contribution is -2.44. The summed E-state index contributed by atoms with van der Waals surface area (Å²) in [5.41, 5.74) is 1.27. The molecule has 1 saturated heterocycles. The van der Waals surface area contributed by atoms with Crippen LogP contribution in [-0.2, 0) is 4.79 Å². The van der Waals surface area contributed by atoms with Gasteiger partial charge in [-0.05, 0) is 43.5 Å². The van der Waals surface area contributed by atoms with E-state index >= 15 is 0 Å². The highest BCUT2D eigenvalue weighted by Gasteiger charge is 2.28. The molecular weight excluding hydrogens is 413 g/mol. The van der Waals surface area contributed by atoms with Gasteiger partial charge in [-0.2, -0.15) is 5.10 Å². The van der Waals surface area contributed by atoms with Gasteiger partial charge in [-0.15, -0.1) is 0 Å². The fourth-order valence-electron chi connectivity index (χ4n) is 3.23. The summed E-state index contributed by atoms with van der Waals surface area (Å²) in [7, 11) is 3.13. The second-order valence-corrected chi connectivity index (χ2v) is 7.43. The Morgan fingerprint density at radius 2 is 1.86 bits per heavy atom. The first kappa shape index (κ1) is 21.3. The Hall–Kier alpha value is -2.44. The van der Waals surface area contributed by atoms with E-state index in [-0.39, 0.29) is 11.9 Å². The van der Waals surface area contributed by atoms with E-state index in [1.807, 2.05) is 0 Å². The second-order valence-electron chi connectivity index (χ2n) is 6.61. The third-order valence-electron chi connectivity index (χ3n) is 4.76. The number of methoxy groups -OCH3 is 2. The van der Waals surface area contributed by atoms with Crippen molar-refractivity contribution in [1.82, 2.24) is 5.01 Å². The Kier molecular flexibility index (Phi) is 7.23. The van der Waals surface area contributed by atoms with Gasteiger partial charge in [0.2, 0.25) is 5.91 Å². The van der Waals surface area contributed by atoms with Crippen molar-refractivity contribution >= 4 is 41.0 Å². The molecule has 1 aliphatic heterocycles. The normalized spacial score (nSPS) is 16.7. The summed E-state index contributed by atoms with van der Waals surface area (Å²) in [6.07, 6.45) is 4.26. The van der Waals surface area contributed by atoms with Gasteiger partial charge in [0.05, 0.1) is 30.5 Å². The van der Waals surface area contributed by atoms with Crippen molar-refractivity contribution in [1.29, 1.82) is 0 Å². The van der Waals surface area contributed by atoms with Crippen LogP contribution in [0.3, 0.4) is 0 Å². The van der Waals surface area contributed by atoms with Gasteiger partial charge in [0.1, 0.15) is 6.04 Å². The lowest BCUT2D eigenvalue weighted by molar-refractivity contribution is -0.122. The first-order chi connectivity index (χ1) is 14.0. The van der Waals surface area contributed by atoms with E-state index in [0.29, 0.717) is 45.8 Å². The number of piperidine rings is 1. The molecule has 0 aliphatic carbocycles. The van der Waals surface area contributed by atoms with Gasteiger partial charge in [-0.1, -0.05) is 29.3 Å². The van der Waals surface area contributed by atoms with Crippen LogP contribution in [0.5, 0.6) is 11.5 Å². The van der Waals surface area contributed by atoms with E-state index in [0.717, 1.165) is 12.8 Å². The fourth-order valence-corrected chi connectivity index (χ4v) is 3.72. The highest BCUT2D eigenvalue weighted by molar-refractivity contribution is 6.38.